The topological polar surface area (TPSA) is 23.9 Å². The van der Waals surface area contributed by atoms with Crippen LogP contribution < -0.4 is 0 Å². The maximum atomic E-state index is 7.80. The second-order valence-corrected chi connectivity index (χ2v) is 5.25. The van der Waals surface area contributed by atoms with Gasteiger partial charge in [-0.1, -0.05) is 28.8 Å². The molecule has 0 spiro atoms. The lowest BCUT2D eigenvalue weighted by Gasteiger charge is -2.09. The molecule has 0 heterocycles. The summed E-state index contributed by atoms with van der Waals surface area (Å²) in [5.41, 5.74) is 3.20. The van der Waals surface area contributed by atoms with Gasteiger partial charge < -0.3 is 0 Å². The lowest BCUT2D eigenvalue weighted by Crippen LogP contribution is -2.11. The molecule has 0 radical (unpaired) electrons. The molecule has 0 bridgehead atoms. The minimum atomic E-state index is 0.697. The molecule has 1 rings (SSSR count). The van der Waals surface area contributed by atoms with Crippen LogP contribution in [0, 0.1) is 11.3 Å². The van der Waals surface area contributed by atoms with Gasteiger partial charge in [-0.25, -0.2) is 0 Å². The minimum absolute atomic E-state index is 0.697. The minimum Gasteiger partial charge on any atom is -0.275 e. The Balaban J connectivity index is 2.33. The second-order valence-electron chi connectivity index (χ2n) is 4.46. The number of hydrogen-bond acceptors (Lipinski definition) is 1. The smallest absolute Gasteiger partial charge is 0.171 e. The van der Waals surface area contributed by atoms with E-state index >= 15 is 0 Å². The van der Waals surface area contributed by atoms with Gasteiger partial charge in [-0.3, -0.25) is 5.41 Å². The summed E-state index contributed by atoms with van der Waals surface area (Å²) >= 11 is 3.45. The molecule has 0 amide bonds. The molecule has 1 N–H and O–H groups in total. The Morgan fingerprint density at radius 1 is 1.25 bits per heavy atom. The first kappa shape index (κ1) is 13.6. The fourth-order valence-electron chi connectivity index (χ4n) is 1.97. The van der Waals surface area contributed by atoms with E-state index in [0.717, 1.165) is 23.2 Å². The highest BCUT2D eigenvalue weighted by molar-refractivity contribution is 9.09. The van der Waals surface area contributed by atoms with Gasteiger partial charge in [0.15, 0.2) is 5.71 Å². The Hall–Kier alpha value is -0.500. The first-order chi connectivity index (χ1) is 7.65. The molecule has 0 saturated heterocycles. The Morgan fingerprint density at radius 2 is 1.94 bits per heavy atom. The molecular weight excluding hydrogens is 262 g/mol. The third-order valence-electron chi connectivity index (χ3n) is 2.94. The summed E-state index contributed by atoms with van der Waals surface area (Å²) in [5, 5.41) is 8.93. The van der Waals surface area contributed by atoms with Crippen molar-refractivity contribution in [3.05, 3.63) is 29.2 Å². The predicted molar refractivity (Wildman–Crippen MR) is 75.4 cm³/mol. The summed E-state index contributed by atoms with van der Waals surface area (Å²) in [6.45, 7) is 4.06. The lowest BCUT2D eigenvalue weighted by molar-refractivity contribution is 0.672. The van der Waals surface area contributed by atoms with Crippen LogP contribution in [0.4, 0.5) is 0 Å². The van der Waals surface area contributed by atoms with E-state index in [1.54, 1.807) is 0 Å². The van der Waals surface area contributed by atoms with Gasteiger partial charge in [0.05, 0.1) is 29.2 Å². The fraction of sp³-hybridized carbons (Fsp3) is 0.571. The molecule has 2 heteroatoms. The fourth-order valence-corrected chi connectivity index (χ4v) is 2.37. The number of unbranched alkanes of at least 4 members (excludes halogenated alkanes) is 3. The van der Waals surface area contributed by atoms with E-state index in [4.69, 9.17) is 5.41 Å². The molecule has 1 aliphatic carbocycles. The number of rotatable bonds is 6. The van der Waals surface area contributed by atoms with Crippen LogP contribution in [-0.4, -0.2) is 11.0 Å². The van der Waals surface area contributed by atoms with Crippen LogP contribution in [0.2, 0.25) is 0 Å². The molecule has 0 aromatic carbocycles. The number of hydrogen-bond donors (Lipinski definition) is 1. The largest absolute Gasteiger partial charge is 0.275 e. The van der Waals surface area contributed by atoms with Crippen LogP contribution in [0.15, 0.2) is 23.3 Å². The summed E-state index contributed by atoms with van der Waals surface area (Å²) in [5.74, 6) is 1.11. The third kappa shape index (κ3) is 4.17. The second kappa shape index (κ2) is 6.95. The van der Waals surface area contributed by atoms with Gasteiger partial charge in [0.1, 0.15) is 0 Å². The Morgan fingerprint density at radius 3 is 2.56 bits per heavy atom. The van der Waals surface area contributed by atoms with Gasteiger partial charge in [0.25, 0.3) is 0 Å². The number of allylic oxidation sites excluding steroid dienone is 4. The molecule has 0 aliphatic heterocycles. The lowest BCUT2D eigenvalue weighted by atomic mass is 9.88. The molecule has 0 fully saturated rings. The summed E-state index contributed by atoms with van der Waals surface area (Å²) in [6, 6.07) is 0. The third-order valence-corrected chi connectivity index (χ3v) is 3.50. The predicted octanol–water partition coefficient (Wildman–Crippen LogP) is 4.83. The van der Waals surface area contributed by atoms with Crippen LogP contribution in [0.25, 0.3) is 0 Å². The van der Waals surface area contributed by atoms with Gasteiger partial charge in [-0.2, -0.15) is 0 Å². The van der Waals surface area contributed by atoms with Crippen molar-refractivity contribution in [1.82, 2.24) is 0 Å². The number of halogens is 1. The summed E-state index contributed by atoms with van der Waals surface area (Å²) < 4.78 is 0. The highest BCUT2D eigenvalue weighted by Gasteiger charge is 2.23. The van der Waals surface area contributed by atoms with Gasteiger partial charge in [0.2, 0.25) is 0 Å². The molecule has 0 aromatic heterocycles. The van der Waals surface area contributed by atoms with Crippen molar-refractivity contribution in [2.75, 3.05) is 5.33 Å². The average Bonchev–Trinajstić information content (AvgIpc) is 2.25. The molecule has 0 aromatic rings. The number of alkyl halides is 1. The summed E-state index contributed by atoms with van der Waals surface area (Å²) in [7, 11) is 0. The molecule has 0 unspecified atom stereocenters. The van der Waals surface area contributed by atoms with Crippen LogP contribution in [0.1, 0.15) is 46.0 Å². The summed E-state index contributed by atoms with van der Waals surface area (Å²) in [4.78, 5) is 0. The SMILES string of the molecule is CC1=CC(CCCCCCBr)=C[C+](C)C1=N. The molecule has 88 valence electrons. The van der Waals surface area contributed by atoms with Gasteiger partial charge >= 0.3 is 0 Å². The van der Waals surface area contributed by atoms with Crippen molar-refractivity contribution in [1.29, 1.82) is 5.41 Å². The van der Waals surface area contributed by atoms with Gasteiger partial charge in [-0.15, -0.1) is 0 Å². The van der Waals surface area contributed by atoms with Crippen molar-refractivity contribution < 1.29 is 0 Å². The zero-order valence-corrected chi connectivity index (χ0v) is 11.9. The van der Waals surface area contributed by atoms with E-state index in [1.807, 2.05) is 13.8 Å². The zero-order valence-electron chi connectivity index (χ0n) is 10.3. The standard InChI is InChI=1S/C14H21BrN/c1-11-9-13(10-12(2)14(11)16)7-5-3-4-6-8-15/h9-10,16H,3-8H2,1-2H3/q+1. The number of nitrogens with one attached hydrogen (secondary N) is 1. The summed E-state index contributed by atoms with van der Waals surface area (Å²) in [6.07, 6.45) is 10.7. The highest BCUT2D eigenvalue weighted by Crippen LogP contribution is 2.24. The molecule has 16 heavy (non-hydrogen) atoms. The van der Waals surface area contributed by atoms with Crippen molar-refractivity contribution in [3.8, 4) is 0 Å². The molecule has 1 aliphatic rings. The van der Waals surface area contributed by atoms with Gasteiger partial charge in [-0.05, 0) is 12.8 Å². The normalized spacial score (nSPS) is 16.2. The maximum Gasteiger partial charge on any atom is 0.171 e. The van der Waals surface area contributed by atoms with Crippen molar-refractivity contribution >= 4 is 21.6 Å². The first-order valence-electron chi connectivity index (χ1n) is 6.03. The van der Waals surface area contributed by atoms with Crippen LogP contribution in [0.3, 0.4) is 0 Å². The van der Waals surface area contributed by atoms with E-state index in [-0.39, 0.29) is 0 Å². The molecular formula is C14H21BrN+. The molecule has 0 atom stereocenters. The van der Waals surface area contributed by atoms with E-state index in [2.05, 4.69) is 28.1 Å². The van der Waals surface area contributed by atoms with E-state index in [9.17, 15) is 0 Å². The van der Waals surface area contributed by atoms with Crippen LogP contribution in [-0.2, 0) is 0 Å². The quantitative estimate of drug-likeness (QED) is 0.410. The Kier molecular flexibility index (Phi) is 5.89. The van der Waals surface area contributed by atoms with Crippen molar-refractivity contribution in [2.24, 2.45) is 0 Å². The maximum absolute atomic E-state index is 7.80. The van der Waals surface area contributed by atoms with Crippen molar-refractivity contribution in [2.45, 2.75) is 46.0 Å². The van der Waals surface area contributed by atoms with Crippen molar-refractivity contribution in [3.63, 3.8) is 0 Å². The molecule has 0 saturated carbocycles. The van der Waals surface area contributed by atoms with E-state index in [0.29, 0.717) is 5.71 Å². The van der Waals surface area contributed by atoms with Crippen LogP contribution in [0.5, 0.6) is 0 Å². The van der Waals surface area contributed by atoms with Gasteiger partial charge in [0, 0.05) is 25.6 Å². The van der Waals surface area contributed by atoms with E-state index < -0.39 is 0 Å². The first-order valence-corrected chi connectivity index (χ1v) is 7.15. The molecule has 1 nitrogen and oxygen atoms in total. The Labute approximate surface area is 108 Å². The zero-order chi connectivity index (χ0) is 12.0. The van der Waals surface area contributed by atoms with Crippen LogP contribution >= 0.6 is 15.9 Å². The average molecular weight is 283 g/mol. The van der Waals surface area contributed by atoms with E-state index in [1.165, 1.54) is 31.3 Å². The Bertz CT molecular complexity index is 302. The monoisotopic (exact) mass is 282 g/mol. The highest BCUT2D eigenvalue weighted by atomic mass is 79.9.